The average molecular weight is 374 g/mol. The van der Waals surface area contributed by atoms with Gasteiger partial charge in [0.15, 0.2) is 0 Å². The van der Waals surface area contributed by atoms with Crippen molar-refractivity contribution in [2.75, 3.05) is 26.8 Å². The molecule has 0 radical (unpaired) electrons. The molecule has 1 saturated heterocycles. The fraction of sp³-hybridized carbons (Fsp3) is 0.400. The number of ether oxygens (including phenoxy) is 1. The van der Waals surface area contributed by atoms with Gasteiger partial charge in [-0.3, -0.25) is 9.59 Å². The van der Waals surface area contributed by atoms with Gasteiger partial charge in [0.1, 0.15) is 23.9 Å². The van der Waals surface area contributed by atoms with Crippen LogP contribution >= 0.6 is 0 Å². The third-order valence-corrected chi connectivity index (χ3v) is 4.64. The normalized spacial score (nSPS) is 17.0. The number of hydrogen-bond donors (Lipinski definition) is 1. The van der Waals surface area contributed by atoms with Crippen molar-refractivity contribution in [2.45, 2.75) is 19.4 Å². The molecule has 6 nitrogen and oxygen atoms in total. The molecule has 0 saturated carbocycles. The maximum Gasteiger partial charge on any atom is 0.248 e. The predicted octanol–water partition coefficient (Wildman–Crippen LogP) is 2.59. The van der Waals surface area contributed by atoms with Crippen molar-refractivity contribution in [1.29, 1.82) is 0 Å². The molecule has 2 heterocycles. The van der Waals surface area contributed by atoms with E-state index in [1.807, 2.05) is 0 Å². The standard InChI is InChI=1S/C20H23FN2O4/c1-26-13-19(24)23-10-2-3-15(12-23)20(25)22-11-17-8-9-18(27-17)14-4-6-16(21)7-5-14/h4-9,15H,2-3,10-13H2,1H3,(H,22,25)/t15-/m1/s1. The molecule has 2 amide bonds. The lowest BCUT2D eigenvalue weighted by molar-refractivity contribution is -0.139. The van der Waals surface area contributed by atoms with Gasteiger partial charge in [-0.1, -0.05) is 0 Å². The highest BCUT2D eigenvalue weighted by atomic mass is 19.1. The number of carbonyl (C=O) groups excluding carboxylic acids is 2. The first-order valence-corrected chi connectivity index (χ1v) is 8.96. The second kappa shape index (κ2) is 8.81. The maximum absolute atomic E-state index is 13.0. The number of nitrogens with zero attached hydrogens (tertiary/aromatic N) is 1. The number of methoxy groups -OCH3 is 1. The molecule has 0 spiro atoms. The van der Waals surface area contributed by atoms with Crippen molar-refractivity contribution >= 4 is 11.8 Å². The van der Waals surface area contributed by atoms with Crippen LogP contribution in [0.4, 0.5) is 4.39 Å². The largest absolute Gasteiger partial charge is 0.459 e. The number of piperidine rings is 1. The highest BCUT2D eigenvalue weighted by Gasteiger charge is 2.28. The van der Waals surface area contributed by atoms with Crippen LogP contribution in [0, 0.1) is 11.7 Å². The Balaban J connectivity index is 1.53. The second-order valence-corrected chi connectivity index (χ2v) is 6.60. The number of amides is 2. The van der Waals surface area contributed by atoms with Crippen LogP contribution in [-0.2, 0) is 20.9 Å². The van der Waals surface area contributed by atoms with Crippen LogP contribution in [0.25, 0.3) is 11.3 Å². The van der Waals surface area contributed by atoms with E-state index in [9.17, 15) is 14.0 Å². The van der Waals surface area contributed by atoms with Crippen LogP contribution in [0.5, 0.6) is 0 Å². The number of nitrogens with one attached hydrogen (secondary N) is 1. The van der Waals surface area contributed by atoms with Crippen LogP contribution in [-0.4, -0.2) is 43.5 Å². The number of hydrogen-bond acceptors (Lipinski definition) is 4. The van der Waals surface area contributed by atoms with Gasteiger partial charge in [-0.25, -0.2) is 4.39 Å². The van der Waals surface area contributed by atoms with Gasteiger partial charge >= 0.3 is 0 Å². The zero-order chi connectivity index (χ0) is 19.2. The maximum atomic E-state index is 13.0. The van der Waals surface area contributed by atoms with E-state index in [4.69, 9.17) is 9.15 Å². The summed E-state index contributed by atoms with van der Waals surface area (Å²) in [6.07, 6.45) is 1.55. The molecule has 1 aliphatic heterocycles. The number of carbonyl (C=O) groups is 2. The first-order chi connectivity index (χ1) is 13.1. The van der Waals surface area contributed by atoms with Gasteiger partial charge in [0.25, 0.3) is 0 Å². The fourth-order valence-electron chi connectivity index (χ4n) is 3.19. The van der Waals surface area contributed by atoms with Crippen LogP contribution < -0.4 is 5.32 Å². The highest BCUT2D eigenvalue weighted by Crippen LogP contribution is 2.23. The van der Waals surface area contributed by atoms with Gasteiger partial charge in [-0.2, -0.15) is 0 Å². The van der Waals surface area contributed by atoms with Crippen molar-refractivity contribution in [2.24, 2.45) is 5.92 Å². The Morgan fingerprint density at radius 1 is 1.26 bits per heavy atom. The Kier molecular flexibility index (Phi) is 6.24. The van der Waals surface area contributed by atoms with Crippen LogP contribution in [0.3, 0.4) is 0 Å². The summed E-state index contributed by atoms with van der Waals surface area (Å²) in [4.78, 5) is 26.1. The van der Waals surface area contributed by atoms with E-state index in [0.29, 0.717) is 24.6 Å². The molecule has 0 unspecified atom stereocenters. The molecular weight excluding hydrogens is 351 g/mol. The highest BCUT2D eigenvalue weighted by molar-refractivity contribution is 5.81. The van der Waals surface area contributed by atoms with Crippen LogP contribution in [0.15, 0.2) is 40.8 Å². The van der Waals surface area contributed by atoms with E-state index in [0.717, 1.165) is 18.4 Å². The van der Waals surface area contributed by atoms with Crippen molar-refractivity contribution in [3.8, 4) is 11.3 Å². The molecular formula is C20H23FN2O4. The Labute approximate surface area is 157 Å². The van der Waals surface area contributed by atoms with Gasteiger partial charge in [-0.15, -0.1) is 0 Å². The van der Waals surface area contributed by atoms with E-state index < -0.39 is 0 Å². The summed E-state index contributed by atoms with van der Waals surface area (Å²) in [5, 5.41) is 2.87. The summed E-state index contributed by atoms with van der Waals surface area (Å²) < 4.78 is 23.6. The first-order valence-electron chi connectivity index (χ1n) is 8.96. The zero-order valence-corrected chi connectivity index (χ0v) is 15.2. The molecule has 2 aromatic rings. The van der Waals surface area contributed by atoms with E-state index >= 15 is 0 Å². The Morgan fingerprint density at radius 2 is 2.04 bits per heavy atom. The Morgan fingerprint density at radius 3 is 2.78 bits per heavy atom. The average Bonchev–Trinajstić information content (AvgIpc) is 3.16. The minimum Gasteiger partial charge on any atom is -0.459 e. The molecule has 0 aliphatic carbocycles. The van der Waals surface area contributed by atoms with E-state index in [1.165, 1.54) is 19.2 Å². The molecule has 7 heteroatoms. The van der Waals surface area contributed by atoms with Crippen molar-refractivity contribution in [3.63, 3.8) is 0 Å². The number of benzene rings is 1. The summed E-state index contributed by atoms with van der Waals surface area (Å²) in [6.45, 7) is 1.37. The molecule has 3 rings (SSSR count). The summed E-state index contributed by atoms with van der Waals surface area (Å²) in [5.74, 6) is 0.517. The van der Waals surface area contributed by atoms with Crippen LogP contribution in [0.2, 0.25) is 0 Å². The van der Waals surface area contributed by atoms with Gasteiger partial charge in [-0.05, 0) is 49.2 Å². The van der Waals surface area contributed by atoms with Crippen molar-refractivity contribution in [1.82, 2.24) is 10.2 Å². The summed E-state index contributed by atoms with van der Waals surface area (Å²) >= 11 is 0. The minimum atomic E-state index is -0.303. The summed E-state index contributed by atoms with van der Waals surface area (Å²) in [6, 6.07) is 9.61. The van der Waals surface area contributed by atoms with E-state index in [2.05, 4.69) is 5.32 Å². The molecule has 0 bridgehead atoms. The van der Waals surface area contributed by atoms with Crippen molar-refractivity contribution in [3.05, 3.63) is 48.0 Å². The van der Waals surface area contributed by atoms with Crippen LogP contribution in [0.1, 0.15) is 18.6 Å². The van der Waals surface area contributed by atoms with Gasteiger partial charge < -0.3 is 19.4 Å². The predicted molar refractivity (Wildman–Crippen MR) is 97.1 cm³/mol. The smallest absolute Gasteiger partial charge is 0.248 e. The summed E-state index contributed by atoms with van der Waals surface area (Å²) in [7, 11) is 1.48. The fourth-order valence-corrected chi connectivity index (χ4v) is 3.19. The molecule has 1 aromatic carbocycles. The van der Waals surface area contributed by atoms with Crippen molar-refractivity contribution < 1.29 is 23.1 Å². The second-order valence-electron chi connectivity index (χ2n) is 6.60. The lowest BCUT2D eigenvalue weighted by Gasteiger charge is -2.31. The zero-order valence-electron chi connectivity index (χ0n) is 15.2. The molecule has 1 aromatic heterocycles. The SMILES string of the molecule is COCC(=O)N1CCC[C@@H](C(=O)NCc2ccc(-c3ccc(F)cc3)o2)C1. The first kappa shape index (κ1) is 19.1. The third kappa shape index (κ3) is 4.95. The molecule has 1 aliphatic rings. The lowest BCUT2D eigenvalue weighted by Crippen LogP contribution is -2.46. The molecule has 1 N–H and O–H groups in total. The topological polar surface area (TPSA) is 71.8 Å². The monoisotopic (exact) mass is 374 g/mol. The number of furan rings is 1. The summed E-state index contributed by atoms with van der Waals surface area (Å²) in [5.41, 5.74) is 0.772. The van der Waals surface area contributed by atoms with Gasteiger partial charge in [0, 0.05) is 25.8 Å². The molecule has 27 heavy (non-hydrogen) atoms. The van der Waals surface area contributed by atoms with Gasteiger partial charge in [0.05, 0.1) is 12.5 Å². The molecule has 1 atom stereocenters. The molecule has 144 valence electrons. The quantitative estimate of drug-likeness (QED) is 0.844. The minimum absolute atomic E-state index is 0.0346. The van der Waals surface area contributed by atoms with E-state index in [1.54, 1.807) is 29.2 Å². The van der Waals surface area contributed by atoms with E-state index in [-0.39, 0.29) is 36.7 Å². The third-order valence-electron chi connectivity index (χ3n) is 4.64. The number of likely N-dealkylation sites (tertiary alicyclic amines) is 1. The number of rotatable bonds is 6. The lowest BCUT2D eigenvalue weighted by atomic mass is 9.97. The van der Waals surface area contributed by atoms with Gasteiger partial charge in [0.2, 0.25) is 11.8 Å². The number of halogens is 1. The molecule has 1 fully saturated rings. The Hall–Kier alpha value is -2.67. The Bertz CT molecular complexity index is 788.